The molecule has 4 rings (SSSR count). The summed E-state index contributed by atoms with van der Waals surface area (Å²) in [5, 5.41) is 16.0. The average molecular weight is 435 g/mol. The third-order valence-corrected chi connectivity index (χ3v) is 6.38. The van der Waals surface area contributed by atoms with E-state index in [1.165, 1.54) is 23.1 Å². The van der Waals surface area contributed by atoms with Crippen LogP contribution in [0.25, 0.3) is 10.8 Å². The fraction of sp³-hybridized carbons (Fsp3) is 0.0909. The number of aryl methyl sites for hydroxylation is 1. The number of nitrogens with one attached hydrogen (secondary N) is 2. The first-order valence-corrected chi connectivity index (χ1v) is 11.0. The molecule has 0 unspecified atom stereocenters. The minimum atomic E-state index is -0.239. The van der Waals surface area contributed by atoms with E-state index in [0.29, 0.717) is 15.0 Å². The molecule has 30 heavy (non-hydrogen) atoms. The largest absolute Gasteiger partial charge is 0.325 e. The van der Waals surface area contributed by atoms with Crippen LogP contribution in [0.3, 0.4) is 0 Å². The van der Waals surface area contributed by atoms with Crippen LogP contribution >= 0.6 is 23.1 Å². The lowest BCUT2D eigenvalue weighted by Gasteiger charge is -2.06. The van der Waals surface area contributed by atoms with E-state index in [2.05, 4.69) is 20.8 Å². The van der Waals surface area contributed by atoms with Gasteiger partial charge in [0.05, 0.1) is 5.75 Å². The van der Waals surface area contributed by atoms with Crippen LogP contribution in [0, 0.1) is 6.92 Å². The van der Waals surface area contributed by atoms with Gasteiger partial charge in [0.1, 0.15) is 0 Å². The molecule has 4 aromatic rings. The SMILES string of the molecule is Cc1ccccc1NC(=O)CSc1nnc(NC(=O)c2cccc3ccccc23)s1. The molecule has 0 aliphatic heterocycles. The second-order valence-corrected chi connectivity index (χ2v) is 8.71. The Kier molecular flexibility index (Phi) is 6.06. The summed E-state index contributed by atoms with van der Waals surface area (Å²) in [6.45, 7) is 1.94. The van der Waals surface area contributed by atoms with Gasteiger partial charge in [-0.25, -0.2) is 0 Å². The fourth-order valence-corrected chi connectivity index (χ4v) is 4.48. The molecule has 0 radical (unpaired) electrons. The number of nitrogens with zero attached hydrogens (tertiary/aromatic N) is 2. The Morgan fingerprint density at radius 2 is 1.70 bits per heavy atom. The monoisotopic (exact) mass is 434 g/mol. The lowest BCUT2D eigenvalue weighted by molar-refractivity contribution is -0.113. The molecule has 1 heterocycles. The summed E-state index contributed by atoms with van der Waals surface area (Å²) in [5.41, 5.74) is 2.38. The molecule has 0 spiro atoms. The van der Waals surface area contributed by atoms with Crippen LogP contribution in [-0.4, -0.2) is 27.8 Å². The zero-order valence-corrected chi connectivity index (χ0v) is 17.7. The van der Waals surface area contributed by atoms with Crippen molar-refractivity contribution in [3.05, 3.63) is 77.9 Å². The van der Waals surface area contributed by atoms with Gasteiger partial charge in [-0.05, 0) is 35.4 Å². The number of hydrogen-bond acceptors (Lipinski definition) is 6. The van der Waals surface area contributed by atoms with Gasteiger partial charge in [-0.2, -0.15) is 0 Å². The number of fused-ring (bicyclic) bond motifs is 1. The molecular weight excluding hydrogens is 416 g/mol. The van der Waals surface area contributed by atoms with Crippen LogP contribution in [0.1, 0.15) is 15.9 Å². The van der Waals surface area contributed by atoms with Gasteiger partial charge in [0.2, 0.25) is 11.0 Å². The van der Waals surface area contributed by atoms with Crippen molar-refractivity contribution in [1.29, 1.82) is 0 Å². The Labute approximate surface area is 181 Å². The van der Waals surface area contributed by atoms with Crippen molar-refractivity contribution in [2.45, 2.75) is 11.3 Å². The topological polar surface area (TPSA) is 84.0 Å². The van der Waals surface area contributed by atoms with Gasteiger partial charge in [0, 0.05) is 11.3 Å². The Morgan fingerprint density at radius 3 is 2.57 bits per heavy atom. The van der Waals surface area contributed by atoms with E-state index in [0.717, 1.165) is 22.0 Å². The summed E-state index contributed by atoms with van der Waals surface area (Å²) in [4.78, 5) is 24.9. The van der Waals surface area contributed by atoms with Crippen molar-refractivity contribution in [1.82, 2.24) is 10.2 Å². The summed E-state index contributed by atoms with van der Waals surface area (Å²) in [6, 6.07) is 20.9. The number of rotatable bonds is 6. The Morgan fingerprint density at radius 1 is 0.933 bits per heavy atom. The molecule has 0 bridgehead atoms. The fourth-order valence-electron chi connectivity index (χ4n) is 2.93. The van der Waals surface area contributed by atoms with Crippen molar-refractivity contribution in [3.63, 3.8) is 0 Å². The van der Waals surface area contributed by atoms with Crippen LogP contribution < -0.4 is 10.6 Å². The quantitative estimate of drug-likeness (QED) is 0.330. The standard InChI is InChI=1S/C22H18N4O2S2/c1-14-7-2-5-12-18(14)23-19(27)13-29-22-26-25-21(30-22)24-20(28)17-11-6-9-15-8-3-4-10-16(15)17/h2-12H,13H2,1H3,(H,23,27)(H,24,25,28). The Hall–Kier alpha value is -3.23. The van der Waals surface area contributed by atoms with Gasteiger partial charge >= 0.3 is 0 Å². The third-order valence-electron chi connectivity index (χ3n) is 4.41. The van der Waals surface area contributed by atoms with Gasteiger partial charge in [-0.15, -0.1) is 10.2 Å². The van der Waals surface area contributed by atoms with Crippen LogP contribution in [0.15, 0.2) is 71.1 Å². The number of thioether (sulfide) groups is 1. The maximum absolute atomic E-state index is 12.7. The molecule has 6 nitrogen and oxygen atoms in total. The number of aromatic nitrogens is 2. The highest BCUT2D eigenvalue weighted by molar-refractivity contribution is 8.01. The smallest absolute Gasteiger partial charge is 0.258 e. The lowest BCUT2D eigenvalue weighted by Crippen LogP contribution is -2.14. The van der Waals surface area contributed by atoms with E-state index in [1.807, 2.05) is 67.6 Å². The molecule has 0 fully saturated rings. The van der Waals surface area contributed by atoms with E-state index in [-0.39, 0.29) is 17.6 Å². The van der Waals surface area contributed by atoms with Crippen molar-refractivity contribution < 1.29 is 9.59 Å². The van der Waals surface area contributed by atoms with Gasteiger partial charge in [-0.1, -0.05) is 77.7 Å². The highest BCUT2D eigenvalue weighted by Gasteiger charge is 2.14. The summed E-state index contributed by atoms with van der Waals surface area (Å²) in [7, 11) is 0. The average Bonchev–Trinajstić information content (AvgIpc) is 3.21. The zero-order valence-electron chi connectivity index (χ0n) is 16.1. The highest BCUT2D eigenvalue weighted by atomic mass is 32.2. The van der Waals surface area contributed by atoms with Crippen LogP contribution in [0.5, 0.6) is 0 Å². The zero-order chi connectivity index (χ0) is 20.9. The Balaban J connectivity index is 1.36. The molecule has 0 aliphatic rings. The van der Waals surface area contributed by atoms with E-state index < -0.39 is 0 Å². The normalized spacial score (nSPS) is 10.7. The molecule has 0 saturated carbocycles. The number of benzene rings is 3. The van der Waals surface area contributed by atoms with Crippen molar-refractivity contribution >= 4 is 56.5 Å². The molecule has 3 aromatic carbocycles. The molecule has 0 saturated heterocycles. The van der Waals surface area contributed by atoms with E-state index >= 15 is 0 Å². The van der Waals surface area contributed by atoms with Gasteiger partial charge in [-0.3, -0.25) is 14.9 Å². The van der Waals surface area contributed by atoms with Crippen molar-refractivity contribution in [2.24, 2.45) is 0 Å². The molecule has 0 atom stereocenters. The van der Waals surface area contributed by atoms with Crippen LogP contribution in [0.4, 0.5) is 10.8 Å². The Bertz CT molecular complexity index is 1220. The number of amides is 2. The first-order valence-electron chi connectivity index (χ1n) is 9.21. The maximum Gasteiger partial charge on any atom is 0.258 e. The van der Waals surface area contributed by atoms with Crippen molar-refractivity contribution in [2.75, 3.05) is 16.4 Å². The predicted molar refractivity (Wildman–Crippen MR) is 122 cm³/mol. The first kappa shape index (κ1) is 20.1. The minimum Gasteiger partial charge on any atom is -0.325 e. The minimum absolute atomic E-state index is 0.120. The van der Waals surface area contributed by atoms with E-state index in [9.17, 15) is 9.59 Å². The van der Waals surface area contributed by atoms with Gasteiger partial charge < -0.3 is 5.32 Å². The second kappa shape index (κ2) is 9.06. The molecule has 150 valence electrons. The van der Waals surface area contributed by atoms with Gasteiger partial charge in [0.25, 0.3) is 5.91 Å². The van der Waals surface area contributed by atoms with Gasteiger partial charge in [0.15, 0.2) is 4.34 Å². The van der Waals surface area contributed by atoms with Crippen molar-refractivity contribution in [3.8, 4) is 0 Å². The molecule has 2 N–H and O–H groups in total. The number of carbonyl (C=O) groups is 2. The first-order chi connectivity index (χ1) is 14.6. The molecular formula is C22H18N4O2S2. The number of hydrogen-bond donors (Lipinski definition) is 2. The number of para-hydroxylation sites is 1. The van der Waals surface area contributed by atoms with E-state index in [1.54, 1.807) is 6.07 Å². The molecule has 0 aliphatic carbocycles. The summed E-state index contributed by atoms with van der Waals surface area (Å²) >= 11 is 2.52. The molecule has 2 amide bonds. The maximum atomic E-state index is 12.7. The third kappa shape index (κ3) is 4.67. The summed E-state index contributed by atoms with van der Waals surface area (Å²) in [5.74, 6) is -0.150. The predicted octanol–water partition coefficient (Wildman–Crippen LogP) is 4.98. The molecule has 1 aromatic heterocycles. The van der Waals surface area contributed by atoms with Crippen LogP contribution in [-0.2, 0) is 4.79 Å². The summed E-state index contributed by atoms with van der Waals surface area (Å²) < 4.78 is 0.614. The molecule has 8 heteroatoms. The van der Waals surface area contributed by atoms with E-state index in [4.69, 9.17) is 0 Å². The second-order valence-electron chi connectivity index (χ2n) is 6.51. The van der Waals surface area contributed by atoms with Crippen LogP contribution in [0.2, 0.25) is 0 Å². The lowest BCUT2D eigenvalue weighted by atomic mass is 10.0. The summed E-state index contributed by atoms with van der Waals surface area (Å²) in [6.07, 6.45) is 0. The highest BCUT2D eigenvalue weighted by Crippen LogP contribution is 2.27. The number of carbonyl (C=O) groups excluding carboxylic acids is 2. The number of anilines is 2.